The molecule has 1 rings (SSSR count). The number of carboxylic acid groups (broad SMARTS) is 1. The summed E-state index contributed by atoms with van der Waals surface area (Å²) in [6.07, 6.45) is -5.26. The summed E-state index contributed by atoms with van der Waals surface area (Å²) < 4.78 is 63.9. The van der Waals surface area contributed by atoms with E-state index in [9.17, 15) is 26.7 Å². The molecule has 0 aliphatic heterocycles. The maximum Gasteiger partial charge on any atom is 0.573 e. The lowest BCUT2D eigenvalue weighted by molar-refractivity contribution is -0.276. The molecule has 88 valence electrons. The first kappa shape index (κ1) is 12.2. The number of carboxylic acids is 1. The van der Waals surface area contributed by atoms with Crippen molar-refractivity contribution in [2.75, 3.05) is 0 Å². The Kier molecular flexibility index (Phi) is 3.02. The quantitative estimate of drug-likeness (QED) is 0.810. The normalized spacial score (nSPS) is 11.3. The minimum atomic E-state index is -5.26. The van der Waals surface area contributed by atoms with E-state index < -0.39 is 35.3 Å². The number of halogens is 5. The highest BCUT2D eigenvalue weighted by molar-refractivity contribution is 5.87. The Labute approximate surface area is 85.1 Å². The summed E-state index contributed by atoms with van der Waals surface area (Å²) in [5.41, 5.74) is -0.815. The molecule has 0 fully saturated rings. The zero-order valence-corrected chi connectivity index (χ0v) is 7.31. The van der Waals surface area contributed by atoms with E-state index in [0.29, 0.717) is 0 Å². The van der Waals surface area contributed by atoms with Gasteiger partial charge in [-0.3, -0.25) is 0 Å². The predicted octanol–water partition coefficient (Wildman–Crippen LogP) is 2.56. The number of hydrogen-bond donors (Lipinski definition) is 1. The van der Waals surface area contributed by atoms with Crippen molar-refractivity contribution in [2.45, 2.75) is 6.36 Å². The maximum absolute atomic E-state index is 12.9. The molecule has 0 bridgehead atoms. The number of ether oxygens (including phenoxy) is 1. The average molecular weight is 242 g/mol. The number of hydrogen-bond acceptors (Lipinski definition) is 2. The van der Waals surface area contributed by atoms with E-state index in [-0.39, 0.29) is 12.1 Å². The highest BCUT2D eigenvalue weighted by Crippen LogP contribution is 2.29. The molecule has 16 heavy (non-hydrogen) atoms. The molecule has 1 aromatic carbocycles. The number of alkyl halides is 3. The van der Waals surface area contributed by atoms with E-state index in [1.165, 1.54) is 0 Å². The summed E-state index contributed by atoms with van der Waals surface area (Å²) in [6.45, 7) is 0. The number of rotatable bonds is 2. The number of aromatic carboxylic acids is 1. The summed E-state index contributed by atoms with van der Waals surface area (Å²) in [7, 11) is 0. The minimum absolute atomic E-state index is 0.229. The number of carbonyl (C=O) groups is 1. The molecule has 0 radical (unpaired) electrons. The molecule has 0 unspecified atom stereocenters. The van der Waals surface area contributed by atoms with Crippen LogP contribution >= 0.6 is 0 Å². The molecule has 0 amide bonds. The molecule has 1 N–H and O–H groups in total. The third-order valence-electron chi connectivity index (χ3n) is 1.46. The summed E-state index contributed by atoms with van der Waals surface area (Å²) in [5, 5.41) is 8.36. The van der Waals surface area contributed by atoms with Crippen LogP contribution in [-0.2, 0) is 0 Å². The summed E-state index contributed by atoms with van der Waals surface area (Å²) >= 11 is 0. The monoisotopic (exact) mass is 242 g/mol. The second kappa shape index (κ2) is 3.95. The lowest BCUT2D eigenvalue weighted by Gasteiger charge is -2.10. The topological polar surface area (TPSA) is 46.5 Å². The molecule has 0 aliphatic carbocycles. The largest absolute Gasteiger partial charge is 0.573 e. The van der Waals surface area contributed by atoms with Crippen LogP contribution in [0.25, 0.3) is 0 Å². The average Bonchev–Trinajstić information content (AvgIpc) is 2.09. The fourth-order valence-corrected chi connectivity index (χ4v) is 0.897. The summed E-state index contributed by atoms with van der Waals surface area (Å²) in [6, 6.07) is 0.457. The molecule has 0 aromatic heterocycles. The van der Waals surface area contributed by atoms with E-state index >= 15 is 0 Å². The van der Waals surface area contributed by atoms with Gasteiger partial charge in [-0.05, 0) is 12.1 Å². The van der Waals surface area contributed by atoms with E-state index in [0.717, 1.165) is 0 Å². The second-order valence-electron chi connectivity index (χ2n) is 2.62. The van der Waals surface area contributed by atoms with Crippen molar-refractivity contribution in [3.63, 3.8) is 0 Å². The van der Waals surface area contributed by atoms with Crippen LogP contribution in [0.1, 0.15) is 10.4 Å². The van der Waals surface area contributed by atoms with E-state index in [1.807, 2.05) is 0 Å². The molecular weight excluding hydrogens is 239 g/mol. The third-order valence-corrected chi connectivity index (χ3v) is 1.46. The van der Waals surface area contributed by atoms with Gasteiger partial charge in [-0.15, -0.1) is 13.2 Å². The fraction of sp³-hybridized carbons (Fsp3) is 0.125. The van der Waals surface area contributed by atoms with Gasteiger partial charge in [0.15, 0.2) is 11.6 Å². The molecule has 8 heteroatoms. The molecule has 0 atom stereocenters. The minimum Gasteiger partial charge on any atom is -0.478 e. The highest BCUT2D eigenvalue weighted by Gasteiger charge is 2.34. The van der Waals surface area contributed by atoms with Gasteiger partial charge in [0.25, 0.3) is 0 Å². The molecule has 0 saturated heterocycles. The van der Waals surface area contributed by atoms with E-state index in [4.69, 9.17) is 5.11 Å². The van der Waals surface area contributed by atoms with Crippen molar-refractivity contribution in [1.82, 2.24) is 0 Å². The van der Waals surface area contributed by atoms with Gasteiger partial charge in [0.05, 0.1) is 5.56 Å². The van der Waals surface area contributed by atoms with Crippen molar-refractivity contribution < 1.29 is 36.6 Å². The lowest BCUT2D eigenvalue weighted by atomic mass is 10.2. The van der Waals surface area contributed by atoms with Crippen LogP contribution in [0.3, 0.4) is 0 Å². The van der Waals surface area contributed by atoms with Crippen LogP contribution in [0.5, 0.6) is 5.75 Å². The van der Waals surface area contributed by atoms with Crippen molar-refractivity contribution in [1.29, 1.82) is 0 Å². The van der Waals surface area contributed by atoms with Gasteiger partial charge in [-0.25, -0.2) is 13.6 Å². The first-order chi connectivity index (χ1) is 7.20. The Hall–Kier alpha value is -1.86. The fourth-order valence-electron chi connectivity index (χ4n) is 0.897. The van der Waals surface area contributed by atoms with Crippen LogP contribution in [0.15, 0.2) is 12.1 Å². The van der Waals surface area contributed by atoms with Crippen LogP contribution < -0.4 is 4.74 Å². The Morgan fingerprint density at radius 1 is 1.19 bits per heavy atom. The van der Waals surface area contributed by atoms with Gasteiger partial charge in [-0.1, -0.05) is 0 Å². The Morgan fingerprint density at radius 3 is 1.94 bits per heavy atom. The Morgan fingerprint density at radius 2 is 1.62 bits per heavy atom. The van der Waals surface area contributed by atoms with Crippen LogP contribution in [0, 0.1) is 11.6 Å². The zero-order chi connectivity index (χ0) is 12.5. The lowest BCUT2D eigenvalue weighted by Crippen LogP contribution is -2.19. The van der Waals surface area contributed by atoms with Gasteiger partial charge in [0.2, 0.25) is 5.75 Å². The molecule has 1 aromatic rings. The molecule has 3 nitrogen and oxygen atoms in total. The Balaban J connectivity index is 3.18. The standard InChI is InChI=1S/C8H3F5O3/c9-4-1-3(7(14)15)2-5(10)6(4)16-8(11,12)13/h1-2H,(H,14,15). The van der Waals surface area contributed by atoms with E-state index in [2.05, 4.69) is 4.74 Å². The summed E-state index contributed by atoms with van der Waals surface area (Å²) in [4.78, 5) is 10.3. The van der Waals surface area contributed by atoms with Crippen molar-refractivity contribution >= 4 is 5.97 Å². The van der Waals surface area contributed by atoms with Gasteiger partial charge in [-0.2, -0.15) is 0 Å². The van der Waals surface area contributed by atoms with Crippen LogP contribution in [0.4, 0.5) is 22.0 Å². The maximum atomic E-state index is 12.9. The zero-order valence-electron chi connectivity index (χ0n) is 7.31. The number of benzene rings is 1. The SMILES string of the molecule is O=C(O)c1cc(F)c(OC(F)(F)F)c(F)c1. The summed E-state index contributed by atoms with van der Waals surface area (Å²) in [5.74, 6) is -6.83. The predicted molar refractivity (Wildman–Crippen MR) is 40.0 cm³/mol. The van der Waals surface area contributed by atoms with Gasteiger partial charge in [0.1, 0.15) is 0 Å². The molecular formula is C8H3F5O3. The van der Waals surface area contributed by atoms with Crippen molar-refractivity contribution in [3.05, 3.63) is 29.3 Å². The first-order valence-electron chi connectivity index (χ1n) is 3.69. The molecule has 0 aliphatic rings. The second-order valence-corrected chi connectivity index (χ2v) is 2.62. The Bertz CT molecular complexity index is 403. The molecule has 0 heterocycles. The smallest absolute Gasteiger partial charge is 0.478 e. The van der Waals surface area contributed by atoms with Gasteiger partial charge >= 0.3 is 12.3 Å². The molecule has 0 spiro atoms. The molecule has 0 saturated carbocycles. The third kappa shape index (κ3) is 2.81. The van der Waals surface area contributed by atoms with Crippen LogP contribution in [-0.4, -0.2) is 17.4 Å². The van der Waals surface area contributed by atoms with E-state index in [1.54, 1.807) is 0 Å². The van der Waals surface area contributed by atoms with Crippen molar-refractivity contribution in [2.24, 2.45) is 0 Å². The van der Waals surface area contributed by atoms with Gasteiger partial charge in [0, 0.05) is 0 Å². The highest BCUT2D eigenvalue weighted by atomic mass is 19.4. The van der Waals surface area contributed by atoms with Crippen molar-refractivity contribution in [3.8, 4) is 5.75 Å². The van der Waals surface area contributed by atoms with Gasteiger partial charge < -0.3 is 9.84 Å². The van der Waals surface area contributed by atoms with Crippen LogP contribution in [0.2, 0.25) is 0 Å². The first-order valence-corrected chi connectivity index (χ1v) is 3.69.